The summed E-state index contributed by atoms with van der Waals surface area (Å²) in [6.45, 7) is 8.82. The fourth-order valence-electron chi connectivity index (χ4n) is 2.31. The third kappa shape index (κ3) is 3.04. The number of hydrogen-bond acceptors (Lipinski definition) is 2. The number of aryl methyl sites for hydroxylation is 1. The molecule has 0 radical (unpaired) electrons. The second kappa shape index (κ2) is 5.43. The van der Waals surface area contributed by atoms with Crippen LogP contribution in [0.5, 0.6) is 0 Å². The van der Waals surface area contributed by atoms with Crippen LogP contribution in [0.2, 0.25) is 0 Å². The molecule has 116 valence electrons. The number of pyridine rings is 1. The molecule has 1 amide bonds. The Hall–Kier alpha value is -2.81. The molecular formula is C17H13F2N3O. The van der Waals surface area contributed by atoms with E-state index in [1.54, 1.807) is 30.3 Å². The van der Waals surface area contributed by atoms with Crippen LogP contribution in [0.4, 0.5) is 20.2 Å². The number of nitrogens with one attached hydrogen (secondary N) is 1. The number of carbonyl (C=O) groups is 1. The predicted octanol–water partition coefficient (Wildman–Crippen LogP) is 4.20. The van der Waals surface area contributed by atoms with Gasteiger partial charge in [0.05, 0.1) is 12.3 Å². The Morgan fingerprint density at radius 2 is 2.13 bits per heavy atom. The molecule has 1 heterocycles. The standard InChI is InChI=1S/C17H13F2N3O/c1-10-3-4-11(22-16(23)14-8-17(14,18)19)7-13(10)15-6-5-12(20-2)9-21-15/h3-7,9,14H,8H2,1H3,(H,22,23)/t14-/m0/s1. The first-order chi connectivity index (χ1) is 10.9. The molecule has 4 nitrogen and oxygen atoms in total. The van der Waals surface area contributed by atoms with Crippen LogP contribution in [0, 0.1) is 19.4 Å². The summed E-state index contributed by atoms with van der Waals surface area (Å²) in [4.78, 5) is 19.3. The Kier molecular flexibility index (Phi) is 3.57. The third-order valence-corrected chi connectivity index (χ3v) is 3.80. The number of hydrogen-bond donors (Lipinski definition) is 1. The summed E-state index contributed by atoms with van der Waals surface area (Å²) in [5, 5.41) is 2.52. The van der Waals surface area contributed by atoms with Gasteiger partial charge < -0.3 is 5.32 Å². The van der Waals surface area contributed by atoms with Crippen LogP contribution in [0.3, 0.4) is 0 Å². The van der Waals surface area contributed by atoms with Crippen molar-refractivity contribution in [2.75, 3.05) is 5.32 Å². The van der Waals surface area contributed by atoms with Gasteiger partial charge in [-0.3, -0.25) is 9.78 Å². The summed E-state index contributed by atoms with van der Waals surface area (Å²) in [7, 11) is 0. The van der Waals surface area contributed by atoms with Crippen molar-refractivity contribution < 1.29 is 13.6 Å². The highest BCUT2D eigenvalue weighted by molar-refractivity contribution is 5.95. The molecule has 0 bridgehead atoms. The molecule has 1 aliphatic carbocycles. The molecule has 0 spiro atoms. The van der Waals surface area contributed by atoms with E-state index in [9.17, 15) is 13.6 Å². The van der Waals surface area contributed by atoms with E-state index in [-0.39, 0.29) is 0 Å². The third-order valence-electron chi connectivity index (χ3n) is 3.80. The minimum atomic E-state index is -2.88. The first kappa shape index (κ1) is 15.1. The number of anilines is 1. The van der Waals surface area contributed by atoms with Crippen molar-refractivity contribution in [1.82, 2.24) is 4.98 Å². The minimum Gasteiger partial charge on any atom is -0.326 e. The first-order valence-electron chi connectivity index (χ1n) is 7.04. The van der Waals surface area contributed by atoms with Gasteiger partial charge in [0.2, 0.25) is 11.6 Å². The summed E-state index contributed by atoms with van der Waals surface area (Å²) in [5.41, 5.74) is 3.26. The number of aromatic nitrogens is 1. The second-order valence-electron chi connectivity index (χ2n) is 5.55. The number of benzene rings is 1. The minimum absolute atomic E-state index is 0.392. The number of alkyl halides is 2. The van der Waals surface area contributed by atoms with Crippen molar-refractivity contribution in [3.8, 4) is 11.3 Å². The van der Waals surface area contributed by atoms with Gasteiger partial charge >= 0.3 is 0 Å². The van der Waals surface area contributed by atoms with E-state index in [0.717, 1.165) is 11.1 Å². The van der Waals surface area contributed by atoms with Gasteiger partial charge in [-0.1, -0.05) is 12.1 Å². The molecule has 1 saturated carbocycles. The molecule has 1 aliphatic rings. The van der Waals surface area contributed by atoms with Crippen molar-refractivity contribution in [3.63, 3.8) is 0 Å². The van der Waals surface area contributed by atoms with E-state index in [1.807, 2.05) is 6.92 Å². The zero-order valence-corrected chi connectivity index (χ0v) is 12.3. The van der Waals surface area contributed by atoms with Crippen LogP contribution in [0.15, 0.2) is 36.5 Å². The van der Waals surface area contributed by atoms with Gasteiger partial charge in [0.15, 0.2) is 0 Å². The fraction of sp³-hybridized carbons (Fsp3) is 0.235. The molecule has 1 aromatic heterocycles. The highest BCUT2D eigenvalue weighted by atomic mass is 19.3. The van der Waals surface area contributed by atoms with Crippen LogP contribution in [-0.2, 0) is 4.79 Å². The predicted molar refractivity (Wildman–Crippen MR) is 82.4 cm³/mol. The van der Waals surface area contributed by atoms with Gasteiger partial charge in [-0.2, -0.15) is 0 Å². The lowest BCUT2D eigenvalue weighted by Gasteiger charge is -2.10. The van der Waals surface area contributed by atoms with Crippen LogP contribution < -0.4 is 5.32 Å². The fourth-order valence-corrected chi connectivity index (χ4v) is 2.31. The van der Waals surface area contributed by atoms with Crippen LogP contribution in [0.25, 0.3) is 16.1 Å². The van der Waals surface area contributed by atoms with Crippen molar-refractivity contribution in [2.24, 2.45) is 5.92 Å². The summed E-state index contributed by atoms with van der Waals surface area (Å²) in [5.74, 6) is -4.78. The molecular weight excluding hydrogens is 300 g/mol. The monoisotopic (exact) mass is 313 g/mol. The number of rotatable bonds is 3. The maximum absolute atomic E-state index is 12.9. The molecule has 0 saturated heterocycles. The van der Waals surface area contributed by atoms with Crippen LogP contribution >= 0.6 is 0 Å². The largest absolute Gasteiger partial charge is 0.326 e. The van der Waals surface area contributed by atoms with E-state index in [4.69, 9.17) is 6.57 Å². The van der Waals surface area contributed by atoms with E-state index >= 15 is 0 Å². The van der Waals surface area contributed by atoms with Gasteiger partial charge in [0.1, 0.15) is 5.92 Å². The van der Waals surface area contributed by atoms with E-state index in [2.05, 4.69) is 15.1 Å². The number of halogens is 2. The van der Waals surface area contributed by atoms with Gasteiger partial charge in [0.25, 0.3) is 5.92 Å². The Morgan fingerprint density at radius 3 is 2.70 bits per heavy atom. The molecule has 1 N–H and O–H groups in total. The topological polar surface area (TPSA) is 46.4 Å². The molecule has 1 fully saturated rings. The van der Waals surface area contributed by atoms with Crippen molar-refractivity contribution in [1.29, 1.82) is 0 Å². The molecule has 3 rings (SSSR count). The maximum atomic E-state index is 12.9. The summed E-state index contributed by atoms with van der Waals surface area (Å²) < 4.78 is 25.9. The number of amides is 1. The lowest BCUT2D eigenvalue weighted by Crippen LogP contribution is -2.17. The lowest BCUT2D eigenvalue weighted by atomic mass is 10.0. The molecule has 23 heavy (non-hydrogen) atoms. The average molecular weight is 313 g/mol. The van der Waals surface area contributed by atoms with Crippen LogP contribution in [0.1, 0.15) is 12.0 Å². The SMILES string of the molecule is [C-]#[N+]c1ccc(-c2cc(NC(=O)[C@@H]3CC3(F)F)ccc2C)nc1. The highest BCUT2D eigenvalue weighted by Crippen LogP contribution is 2.49. The van der Waals surface area contributed by atoms with E-state index in [1.165, 1.54) is 6.20 Å². The smallest absolute Gasteiger partial charge is 0.260 e. The number of carbonyl (C=O) groups excluding carboxylic acids is 1. The first-order valence-corrected chi connectivity index (χ1v) is 7.04. The molecule has 0 aliphatic heterocycles. The van der Waals surface area contributed by atoms with Gasteiger partial charge in [-0.15, -0.1) is 0 Å². The van der Waals surface area contributed by atoms with E-state index in [0.29, 0.717) is 17.1 Å². The number of nitrogens with zero attached hydrogens (tertiary/aromatic N) is 2. The van der Waals surface area contributed by atoms with Crippen molar-refractivity contribution >= 4 is 17.3 Å². The normalized spacial score (nSPS) is 18.1. The summed E-state index contributed by atoms with van der Waals surface area (Å²) in [6, 6.07) is 8.54. The highest BCUT2D eigenvalue weighted by Gasteiger charge is 2.61. The Bertz CT molecular complexity index is 810. The maximum Gasteiger partial charge on any atom is 0.260 e. The average Bonchev–Trinajstić information content (AvgIpc) is 3.18. The lowest BCUT2D eigenvalue weighted by molar-refractivity contribution is -0.119. The van der Waals surface area contributed by atoms with E-state index < -0.39 is 24.2 Å². The molecule has 2 aromatic rings. The molecule has 1 aromatic carbocycles. The zero-order valence-electron chi connectivity index (χ0n) is 12.3. The summed E-state index contributed by atoms with van der Waals surface area (Å²) in [6.07, 6.45) is 1.08. The summed E-state index contributed by atoms with van der Waals surface area (Å²) >= 11 is 0. The molecule has 0 unspecified atom stereocenters. The van der Waals surface area contributed by atoms with Gasteiger partial charge in [0, 0.05) is 23.9 Å². The van der Waals surface area contributed by atoms with Gasteiger partial charge in [-0.25, -0.2) is 13.6 Å². The molecule has 1 atom stereocenters. The van der Waals surface area contributed by atoms with Crippen molar-refractivity contribution in [2.45, 2.75) is 19.3 Å². The zero-order chi connectivity index (χ0) is 16.6. The van der Waals surface area contributed by atoms with Crippen LogP contribution in [-0.4, -0.2) is 16.8 Å². The Morgan fingerprint density at radius 1 is 1.39 bits per heavy atom. The van der Waals surface area contributed by atoms with Gasteiger partial charge in [-0.05, 0) is 30.7 Å². The van der Waals surface area contributed by atoms with Crippen molar-refractivity contribution in [3.05, 3.63) is 53.5 Å². The Labute approximate surface area is 132 Å². The molecule has 6 heteroatoms. The quantitative estimate of drug-likeness (QED) is 0.863. The second-order valence-corrected chi connectivity index (χ2v) is 5.55. The Balaban J connectivity index is 1.84.